The van der Waals surface area contributed by atoms with Gasteiger partial charge in [-0.1, -0.05) is 13.8 Å². The van der Waals surface area contributed by atoms with E-state index in [2.05, 4.69) is 10.3 Å². The number of aromatic nitrogens is 1. The molecule has 1 aromatic carbocycles. The second-order valence-electron chi connectivity index (χ2n) is 6.39. The average Bonchev–Trinajstić information content (AvgIpc) is 2.73. The molecule has 1 N–H and O–H groups in total. The number of amides is 1. The first kappa shape index (κ1) is 22.9. The number of rotatable bonds is 9. The van der Waals surface area contributed by atoms with Crippen molar-refractivity contribution in [2.45, 2.75) is 33.6 Å². The number of benzene rings is 1. The molecular formula is C21H26N2O7. The van der Waals surface area contributed by atoms with Crippen molar-refractivity contribution >= 4 is 34.4 Å². The molecule has 1 amide bonds. The Labute approximate surface area is 174 Å². The number of hydrogen-bond donors (Lipinski definition) is 1. The van der Waals surface area contributed by atoms with Crippen molar-refractivity contribution < 1.29 is 33.3 Å². The summed E-state index contributed by atoms with van der Waals surface area (Å²) >= 11 is 0. The van der Waals surface area contributed by atoms with Crippen LogP contribution in [0.3, 0.4) is 0 Å². The topological polar surface area (TPSA) is 113 Å². The molecule has 0 spiro atoms. The number of nitrogens with one attached hydrogen (secondary N) is 1. The molecule has 0 unspecified atom stereocenters. The van der Waals surface area contributed by atoms with Gasteiger partial charge in [0.1, 0.15) is 11.2 Å². The predicted octanol–water partition coefficient (Wildman–Crippen LogP) is 3.34. The molecule has 0 aliphatic rings. The first-order valence-electron chi connectivity index (χ1n) is 9.59. The van der Waals surface area contributed by atoms with Gasteiger partial charge in [-0.2, -0.15) is 0 Å². The van der Waals surface area contributed by atoms with E-state index in [0.29, 0.717) is 12.8 Å². The predicted molar refractivity (Wildman–Crippen MR) is 110 cm³/mol. The Kier molecular flexibility index (Phi) is 7.97. The average molecular weight is 418 g/mol. The zero-order chi connectivity index (χ0) is 22.3. The number of ether oxygens (including phenoxy) is 4. The van der Waals surface area contributed by atoms with Crippen LogP contribution >= 0.6 is 0 Å². The lowest BCUT2D eigenvalue weighted by atomic mass is 10.0. The number of fused-ring (bicyclic) bond motifs is 1. The van der Waals surface area contributed by atoms with Crippen LogP contribution in [0.1, 0.15) is 54.5 Å². The van der Waals surface area contributed by atoms with Crippen molar-refractivity contribution in [2.24, 2.45) is 0 Å². The van der Waals surface area contributed by atoms with E-state index < -0.39 is 11.9 Å². The number of hydrogen-bond acceptors (Lipinski definition) is 8. The number of pyridine rings is 1. The zero-order valence-corrected chi connectivity index (χ0v) is 17.8. The Bertz CT molecular complexity index is 956. The first-order valence-corrected chi connectivity index (χ1v) is 9.59. The van der Waals surface area contributed by atoms with Gasteiger partial charge in [-0.05, 0) is 18.9 Å². The minimum absolute atomic E-state index is 0.0570. The quantitative estimate of drug-likeness (QED) is 0.617. The standard InChI is InChI=1S/C21H26N2O7/c1-6-8-29-20(25)13-10-15(21(26)30-9-7-2)23-18-17(13)14(22-12(3)24)11-16(27-4)19(18)28-5/h10-11H,6-9H2,1-5H3,(H,22,24). The summed E-state index contributed by atoms with van der Waals surface area (Å²) in [5, 5.41) is 2.94. The van der Waals surface area contributed by atoms with Crippen LogP contribution in [0.2, 0.25) is 0 Å². The second kappa shape index (κ2) is 10.4. The van der Waals surface area contributed by atoms with Gasteiger partial charge < -0.3 is 24.3 Å². The summed E-state index contributed by atoms with van der Waals surface area (Å²) in [4.78, 5) is 41.4. The first-order chi connectivity index (χ1) is 14.4. The molecule has 0 aliphatic carbocycles. The van der Waals surface area contributed by atoms with Gasteiger partial charge >= 0.3 is 11.9 Å². The number of anilines is 1. The third-order valence-corrected chi connectivity index (χ3v) is 4.04. The van der Waals surface area contributed by atoms with E-state index in [1.165, 1.54) is 33.3 Å². The molecule has 2 rings (SSSR count). The Morgan fingerprint density at radius 2 is 1.60 bits per heavy atom. The summed E-state index contributed by atoms with van der Waals surface area (Å²) in [5.41, 5.74) is 0.413. The second-order valence-corrected chi connectivity index (χ2v) is 6.39. The molecule has 0 saturated heterocycles. The van der Waals surface area contributed by atoms with E-state index in [1.807, 2.05) is 13.8 Å². The summed E-state index contributed by atoms with van der Waals surface area (Å²) in [7, 11) is 2.84. The molecule has 0 radical (unpaired) electrons. The Morgan fingerprint density at radius 1 is 0.967 bits per heavy atom. The molecule has 9 nitrogen and oxygen atoms in total. The minimum Gasteiger partial charge on any atom is -0.493 e. The van der Waals surface area contributed by atoms with Crippen LogP contribution in [0.25, 0.3) is 10.9 Å². The third kappa shape index (κ3) is 4.97. The molecule has 162 valence electrons. The molecule has 2 aromatic rings. The highest BCUT2D eigenvalue weighted by atomic mass is 16.5. The molecule has 0 fully saturated rings. The summed E-state index contributed by atoms with van der Waals surface area (Å²) in [6.07, 6.45) is 1.25. The molecule has 0 saturated carbocycles. The van der Waals surface area contributed by atoms with Crippen LogP contribution in [-0.4, -0.2) is 50.3 Å². The fourth-order valence-corrected chi connectivity index (χ4v) is 2.81. The van der Waals surface area contributed by atoms with Crippen LogP contribution in [0.4, 0.5) is 5.69 Å². The van der Waals surface area contributed by atoms with Gasteiger partial charge in [-0.3, -0.25) is 4.79 Å². The molecule has 9 heteroatoms. The van der Waals surface area contributed by atoms with Gasteiger partial charge in [0.05, 0.1) is 38.7 Å². The van der Waals surface area contributed by atoms with Gasteiger partial charge in [0.15, 0.2) is 11.5 Å². The summed E-state index contributed by atoms with van der Waals surface area (Å²) < 4.78 is 21.2. The van der Waals surface area contributed by atoms with Crippen molar-refractivity contribution in [2.75, 3.05) is 32.8 Å². The van der Waals surface area contributed by atoms with Crippen molar-refractivity contribution in [1.82, 2.24) is 4.98 Å². The smallest absolute Gasteiger partial charge is 0.356 e. The third-order valence-electron chi connectivity index (χ3n) is 4.04. The van der Waals surface area contributed by atoms with E-state index in [0.717, 1.165) is 0 Å². The monoisotopic (exact) mass is 418 g/mol. The number of carbonyl (C=O) groups is 3. The maximum atomic E-state index is 12.8. The fraction of sp³-hybridized carbons (Fsp3) is 0.429. The van der Waals surface area contributed by atoms with Crippen molar-refractivity contribution in [3.63, 3.8) is 0 Å². The van der Waals surface area contributed by atoms with Gasteiger partial charge in [0, 0.05) is 18.4 Å². The lowest BCUT2D eigenvalue weighted by molar-refractivity contribution is -0.114. The van der Waals surface area contributed by atoms with Crippen molar-refractivity contribution in [3.8, 4) is 11.5 Å². The highest BCUT2D eigenvalue weighted by Gasteiger charge is 2.25. The van der Waals surface area contributed by atoms with Gasteiger partial charge in [-0.25, -0.2) is 14.6 Å². The molecule has 0 aliphatic heterocycles. The number of methoxy groups -OCH3 is 2. The van der Waals surface area contributed by atoms with E-state index in [-0.39, 0.29) is 58.5 Å². The molecule has 0 atom stereocenters. The maximum Gasteiger partial charge on any atom is 0.356 e. The summed E-state index contributed by atoms with van der Waals surface area (Å²) in [5.74, 6) is -1.23. The normalized spacial score (nSPS) is 10.4. The molecule has 30 heavy (non-hydrogen) atoms. The highest BCUT2D eigenvalue weighted by Crippen LogP contribution is 2.41. The van der Waals surface area contributed by atoms with Gasteiger partial charge in [-0.15, -0.1) is 0 Å². The van der Waals surface area contributed by atoms with Crippen molar-refractivity contribution in [3.05, 3.63) is 23.4 Å². The molecule has 1 aromatic heterocycles. The Balaban J connectivity index is 2.86. The lowest BCUT2D eigenvalue weighted by Gasteiger charge is -2.17. The minimum atomic E-state index is -0.686. The van der Waals surface area contributed by atoms with Crippen LogP contribution in [0, 0.1) is 0 Å². The van der Waals surface area contributed by atoms with Crippen LogP contribution in [0.5, 0.6) is 11.5 Å². The van der Waals surface area contributed by atoms with Crippen LogP contribution < -0.4 is 14.8 Å². The summed E-state index contributed by atoms with van der Waals surface area (Å²) in [6, 6.07) is 2.82. The Hall–Kier alpha value is -3.36. The molecule has 0 bridgehead atoms. The van der Waals surface area contributed by atoms with E-state index >= 15 is 0 Å². The van der Waals surface area contributed by atoms with E-state index in [1.54, 1.807) is 0 Å². The van der Waals surface area contributed by atoms with E-state index in [4.69, 9.17) is 18.9 Å². The largest absolute Gasteiger partial charge is 0.493 e. The number of carbonyl (C=O) groups excluding carboxylic acids is 3. The lowest BCUT2D eigenvalue weighted by Crippen LogP contribution is -2.15. The number of esters is 2. The summed E-state index contributed by atoms with van der Waals surface area (Å²) in [6.45, 7) is 5.47. The van der Waals surface area contributed by atoms with Gasteiger partial charge in [0.25, 0.3) is 0 Å². The van der Waals surface area contributed by atoms with Crippen LogP contribution in [-0.2, 0) is 14.3 Å². The zero-order valence-electron chi connectivity index (χ0n) is 17.8. The SMILES string of the molecule is CCCOC(=O)c1cc(C(=O)OCCC)c2c(NC(C)=O)cc(OC)c(OC)c2n1. The van der Waals surface area contributed by atoms with Crippen LogP contribution in [0.15, 0.2) is 12.1 Å². The fourth-order valence-electron chi connectivity index (χ4n) is 2.81. The van der Waals surface area contributed by atoms with Gasteiger partial charge in [0.2, 0.25) is 5.91 Å². The number of nitrogens with zero attached hydrogens (tertiary/aromatic N) is 1. The molecule has 1 heterocycles. The Morgan fingerprint density at radius 3 is 2.13 bits per heavy atom. The maximum absolute atomic E-state index is 12.8. The van der Waals surface area contributed by atoms with E-state index in [9.17, 15) is 14.4 Å². The highest BCUT2D eigenvalue weighted by molar-refractivity contribution is 6.14. The van der Waals surface area contributed by atoms with Crippen molar-refractivity contribution in [1.29, 1.82) is 0 Å². The molecular weight excluding hydrogens is 392 g/mol.